The Hall–Kier alpha value is -3.91. The van der Waals surface area contributed by atoms with Gasteiger partial charge in [-0.05, 0) is 50.8 Å². The lowest BCUT2D eigenvalue weighted by atomic mass is 9.95. The summed E-state index contributed by atoms with van der Waals surface area (Å²) in [6.07, 6.45) is 4.28. The van der Waals surface area contributed by atoms with Crippen LogP contribution in [0.5, 0.6) is 5.88 Å². The molecule has 1 aromatic rings. The summed E-state index contributed by atoms with van der Waals surface area (Å²) < 4.78 is 0.982. The summed E-state index contributed by atoms with van der Waals surface area (Å²) >= 11 is 0. The molecule has 1 aromatic heterocycles. The first-order chi connectivity index (χ1) is 13.7. The van der Waals surface area contributed by atoms with Crippen molar-refractivity contribution in [3.8, 4) is 11.9 Å². The van der Waals surface area contributed by atoms with Crippen LogP contribution in [0.25, 0.3) is 10.9 Å². The molecule has 2 heterocycles. The summed E-state index contributed by atoms with van der Waals surface area (Å²) in [5.41, 5.74) is 0.0970. The number of imide groups is 1. The molecule has 1 aliphatic rings. The standard InChI is InChI=1S/C21H20N4O4/c1-6-24-18(26)14(12(3)16(11-22)20(24)28)9-8-10-15-13(4)17(23-5)21(29)25(7-2)19(15)27/h8-10,29H,6-7H2,1-4H3/p-1/b10-8+,14-9-. The van der Waals surface area contributed by atoms with Crippen LogP contribution in [-0.4, -0.2) is 27.8 Å². The van der Waals surface area contributed by atoms with Gasteiger partial charge < -0.3 is 9.67 Å². The van der Waals surface area contributed by atoms with E-state index in [1.165, 1.54) is 32.1 Å². The summed E-state index contributed by atoms with van der Waals surface area (Å²) in [6, 6.07) is 1.83. The van der Waals surface area contributed by atoms with Gasteiger partial charge in [0.15, 0.2) is 5.69 Å². The van der Waals surface area contributed by atoms with Crippen molar-refractivity contribution in [1.29, 1.82) is 5.26 Å². The summed E-state index contributed by atoms with van der Waals surface area (Å²) in [7, 11) is 0. The highest BCUT2D eigenvalue weighted by molar-refractivity contribution is 6.18. The number of nitrogens with zero attached hydrogens (tertiary/aromatic N) is 4. The lowest BCUT2D eigenvalue weighted by Gasteiger charge is -2.25. The SMILES string of the molecule is [C-]#[N+]c1c(C)c(/C=C/C=C2\C(=O)N(CC)C(=O)C(C#N)=C2C)c(=O)n(CC)c1[O-]. The number of carbonyl (C=O) groups is 2. The maximum Gasteiger partial charge on any atom is 0.271 e. The smallest absolute Gasteiger partial charge is 0.271 e. The Labute approximate surface area is 168 Å². The molecule has 0 saturated heterocycles. The molecule has 8 heteroatoms. The summed E-state index contributed by atoms with van der Waals surface area (Å²) in [4.78, 5) is 41.6. The van der Waals surface area contributed by atoms with Crippen molar-refractivity contribution >= 4 is 23.6 Å². The van der Waals surface area contributed by atoms with E-state index < -0.39 is 23.3 Å². The van der Waals surface area contributed by atoms with Crippen LogP contribution in [0.3, 0.4) is 0 Å². The maximum atomic E-state index is 12.6. The number of carbonyl (C=O) groups excluding carboxylic acids is 2. The second-order valence-corrected chi connectivity index (χ2v) is 6.26. The van der Waals surface area contributed by atoms with E-state index in [0.29, 0.717) is 0 Å². The van der Waals surface area contributed by atoms with Crippen LogP contribution in [0.2, 0.25) is 0 Å². The average Bonchev–Trinajstić information content (AvgIpc) is 2.68. The van der Waals surface area contributed by atoms with Crippen LogP contribution in [0.1, 0.15) is 31.9 Å². The molecule has 0 aliphatic carbocycles. The van der Waals surface area contributed by atoms with E-state index >= 15 is 0 Å². The zero-order chi connectivity index (χ0) is 21.9. The van der Waals surface area contributed by atoms with E-state index in [4.69, 9.17) is 6.57 Å². The van der Waals surface area contributed by atoms with Gasteiger partial charge in [0.2, 0.25) is 0 Å². The number of rotatable bonds is 4. The molecular formula is C21H19N4O4-. The average molecular weight is 391 g/mol. The van der Waals surface area contributed by atoms with Crippen molar-refractivity contribution in [1.82, 2.24) is 9.47 Å². The molecular weight excluding hydrogens is 372 g/mol. The molecule has 0 bridgehead atoms. The van der Waals surface area contributed by atoms with Gasteiger partial charge in [0.25, 0.3) is 17.4 Å². The van der Waals surface area contributed by atoms with Crippen LogP contribution in [-0.2, 0) is 16.1 Å². The third-order valence-electron chi connectivity index (χ3n) is 4.78. The molecule has 2 rings (SSSR count). The van der Waals surface area contributed by atoms with E-state index in [9.17, 15) is 24.8 Å². The van der Waals surface area contributed by atoms with Crippen LogP contribution >= 0.6 is 0 Å². The Kier molecular flexibility index (Phi) is 6.20. The number of likely N-dealkylation sites (N-methyl/N-ethyl adjacent to an activating group) is 1. The van der Waals surface area contributed by atoms with Crippen molar-refractivity contribution in [3.05, 3.63) is 61.8 Å². The molecule has 1 aliphatic heterocycles. The Balaban J connectivity index is 2.63. The van der Waals surface area contributed by atoms with Gasteiger partial charge in [-0.15, -0.1) is 0 Å². The first-order valence-electron chi connectivity index (χ1n) is 8.92. The minimum absolute atomic E-state index is 0.110. The fourth-order valence-corrected chi connectivity index (χ4v) is 3.11. The van der Waals surface area contributed by atoms with E-state index in [2.05, 4.69) is 4.85 Å². The minimum Gasteiger partial charge on any atom is -0.869 e. The molecule has 0 unspecified atom stereocenters. The summed E-state index contributed by atoms with van der Waals surface area (Å²) in [5.74, 6) is -1.79. The summed E-state index contributed by atoms with van der Waals surface area (Å²) in [6.45, 7) is 13.8. The van der Waals surface area contributed by atoms with Crippen molar-refractivity contribution < 1.29 is 14.7 Å². The van der Waals surface area contributed by atoms with Crippen molar-refractivity contribution in [2.24, 2.45) is 0 Å². The highest BCUT2D eigenvalue weighted by Gasteiger charge is 2.33. The second-order valence-electron chi connectivity index (χ2n) is 6.26. The third-order valence-corrected chi connectivity index (χ3v) is 4.78. The topological polar surface area (TPSA) is 111 Å². The third kappa shape index (κ3) is 3.48. The fraction of sp³-hybridized carbons (Fsp3) is 0.286. The van der Waals surface area contributed by atoms with Crippen molar-refractivity contribution in [2.45, 2.75) is 34.2 Å². The Morgan fingerprint density at radius 3 is 2.34 bits per heavy atom. The van der Waals surface area contributed by atoms with Gasteiger partial charge in [0, 0.05) is 24.2 Å². The number of hydrogen-bond donors (Lipinski definition) is 0. The first-order valence-corrected chi connectivity index (χ1v) is 8.92. The molecule has 0 spiro atoms. The first kappa shape index (κ1) is 21.4. The lowest BCUT2D eigenvalue weighted by molar-refractivity contribution is -0.278. The number of aromatic nitrogens is 1. The molecule has 0 radical (unpaired) electrons. The highest BCUT2D eigenvalue weighted by Crippen LogP contribution is 2.29. The number of pyridine rings is 1. The van der Waals surface area contributed by atoms with Gasteiger partial charge in [0.1, 0.15) is 11.6 Å². The number of nitriles is 1. The molecule has 0 fully saturated rings. The van der Waals surface area contributed by atoms with Gasteiger partial charge in [-0.25, -0.2) is 4.85 Å². The van der Waals surface area contributed by atoms with E-state index in [-0.39, 0.29) is 46.6 Å². The van der Waals surface area contributed by atoms with Crippen LogP contribution in [0.15, 0.2) is 33.7 Å². The predicted octanol–water partition coefficient (Wildman–Crippen LogP) is 1.97. The van der Waals surface area contributed by atoms with E-state index in [0.717, 1.165) is 9.47 Å². The quantitative estimate of drug-likeness (QED) is 0.443. The van der Waals surface area contributed by atoms with Crippen LogP contribution in [0.4, 0.5) is 5.69 Å². The molecule has 8 nitrogen and oxygen atoms in total. The number of hydrogen-bond acceptors (Lipinski definition) is 5. The Bertz CT molecular complexity index is 1140. The van der Waals surface area contributed by atoms with Crippen LogP contribution in [0, 0.1) is 24.8 Å². The highest BCUT2D eigenvalue weighted by atomic mass is 16.3. The van der Waals surface area contributed by atoms with Gasteiger partial charge in [-0.2, -0.15) is 5.26 Å². The van der Waals surface area contributed by atoms with Gasteiger partial charge in [-0.3, -0.25) is 19.3 Å². The Morgan fingerprint density at radius 2 is 1.83 bits per heavy atom. The largest absolute Gasteiger partial charge is 0.869 e. The monoisotopic (exact) mass is 391 g/mol. The van der Waals surface area contributed by atoms with Gasteiger partial charge in [-0.1, -0.05) is 12.2 Å². The predicted molar refractivity (Wildman–Crippen MR) is 105 cm³/mol. The van der Waals surface area contributed by atoms with E-state index in [1.54, 1.807) is 13.8 Å². The van der Waals surface area contributed by atoms with Crippen molar-refractivity contribution in [3.63, 3.8) is 0 Å². The molecule has 0 saturated carbocycles. The fourth-order valence-electron chi connectivity index (χ4n) is 3.11. The number of amides is 2. The molecule has 29 heavy (non-hydrogen) atoms. The molecule has 2 amide bonds. The Morgan fingerprint density at radius 1 is 1.17 bits per heavy atom. The lowest BCUT2D eigenvalue weighted by Crippen LogP contribution is -2.42. The second kappa shape index (κ2) is 8.41. The zero-order valence-corrected chi connectivity index (χ0v) is 16.6. The summed E-state index contributed by atoms with van der Waals surface area (Å²) in [5, 5.41) is 21.4. The van der Waals surface area contributed by atoms with Gasteiger partial charge >= 0.3 is 0 Å². The van der Waals surface area contributed by atoms with E-state index in [1.807, 2.05) is 6.07 Å². The van der Waals surface area contributed by atoms with Crippen LogP contribution < -0.4 is 10.7 Å². The molecule has 0 atom stereocenters. The zero-order valence-electron chi connectivity index (χ0n) is 16.6. The number of allylic oxidation sites excluding steroid dienone is 2. The van der Waals surface area contributed by atoms with Crippen molar-refractivity contribution in [2.75, 3.05) is 6.54 Å². The minimum atomic E-state index is -0.631. The van der Waals surface area contributed by atoms with Gasteiger partial charge in [0.05, 0.1) is 6.57 Å². The maximum absolute atomic E-state index is 12.6. The molecule has 0 N–H and O–H groups in total. The molecule has 0 aromatic carbocycles. The normalized spacial score (nSPS) is 15.9. The molecule has 148 valence electrons.